The van der Waals surface area contributed by atoms with E-state index < -0.39 is 0 Å². The van der Waals surface area contributed by atoms with Crippen LogP contribution >= 0.6 is 0 Å². The second-order valence-electron chi connectivity index (χ2n) is 4.13. The van der Waals surface area contributed by atoms with Crippen LogP contribution in [0.3, 0.4) is 0 Å². The first-order valence-corrected chi connectivity index (χ1v) is 4.68. The van der Waals surface area contributed by atoms with E-state index in [1.807, 2.05) is 0 Å². The topological polar surface area (TPSA) is 62.3 Å². The van der Waals surface area contributed by atoms with Crippen LogP contribution in [0.2, 0.25) is 0 Å². The van der Waals surface area contributed by atoms with Crippen molar-refractivity contribution in [2.45, 2.75) is 25.8 Å². The molecule has 0 aromatic rings. The summed E-state index contributed by atoms with van der Waals surface area (Å²) in [5.74, 6) is 0.266. The maximum Gasteiger partial charge on any atom is 0.0918 e. The molecule has 0 saturated carbocycles. The molecular formula is C9H19N3O. The van der Waals surface area contributed by atoms with E-state index in [-0.39, 0.29) is 11.4 Å². The number of amidine groups is 1. The smallest absolute Gasteiger partial charge is 0.0918 e. The fourth-order valence-electron chi connectivity index (χ4n) is 1.56. The van der Waals surface area contributed by atoms with Crippen molar-refractivity contribution in [3.63, 3.8) is 0 Å². The molecule has 0 bridgehead atoms. The molecule has 76 valence electrons. The Morgan fingerprint density at radius 1 is 1.62 bits per heavy atom. The lowest BCUT2D eigenvalue weighted by Crippen LogP contribution is -2.53. The normalized spacial score (nSPS) is 22.9. The largest absolute Gasteiger partial charge is 0.388 e. The lowest BCUT2D eigenvalue weighted by molar-refractivity contribution is -0.0494. The van der Waals surface area contributed by atoms with Gasteiger partial charge < -0.3 is 10.5 Å². The number of nitrogens with zero attached hydrogens (tertiary/aromatic N) is 1. The Kier molecular flexibility index (Phi) is 3.27. The molecule has 0 unspecified atom stereocenters. The van der Waals surface area contributed by atoms with Gasteiger partial charge in [0.1, 0.15) is 0 Å². The van der Waals surface area contributed by atoms with Gasteiger partial charge in [0.25, 0.3) is 0 Å². The van der Waals surface area contributed by atoms with Gasteiger partial charge in [-0.2, -0.15) is 0 Å². The highest BCUT2D eigenvalue weighted by atomic mass is 16.5. The molecule has 1 aliphatic heterocycles. The van der Waals surface area contributed by atoms with Crippen molar-refractivity contribution >= 4 is 5.84 Å². The number of ether oxygens (including phenoxy) is 1. The summed E-state index contributed by atoms with van der Waals surface area (Å²) < 4.78 is 5.40. The van der Waals surface area contributed by atoms with E-state index in [1.54, 1.807) is 0 Å². The van der Waals surface area contributed by atoms with E-state index >= 15 is 0 Å². The molecule has 0 spiro atoms. The molecule has 3 N–H and O–H groups in total. The molecule has 0 atom stereocenters. The Balaban J connectivity index is 2.41. The standard InChI is InChI=1S/C9H19N3O/c1-9(2)7-13-6-5-12(9)4-3-8(10)11/h3-7H2,1-2H3,(H3,10,11). The third-order valence-corrected chi connectivity index (χ3v) is 2.47. The second-order valence-corrected chi connectivity index (χ2v) is 4.13. The van der Waals surface area contributed by atoms with E-state index in [1.165, 1.54) is 0 Å². The van der Waals surface area contributed by atoms with Gasteiger partial charge in [-0.05, 0) is 13.8 Å². The van der Waals surface area contributed by atoms with Crippen LogP contribution in [-0.2, 0) is 4.74 Å². The van der Waals surface area contributed by atoms with Crippen LogP contribution in [0.15, 0.2) is 0 Å². The monoisotopic (exact) mass is 185 g/mol. The second kappa shape index (κ2) is 4.07. The van der Waals surface area contributed by atoms with Crippen molar-refractivity contribution in [1.29, 1.82) is 5.41 Å². The Hall–Kier alpha value is -0.610. The van der Waals surface area contributed by atoms with Gasteiger partial charge in [-0.15, -0.1) is 0 Å². The fourth-order valence-corrected chi connectivity index (χ4v) is 1.56. The molecule has 1 heterocycles. The van der Waals surface area contributed by atoms with Crippen molar-refractivity contribution < 1.29 is 4.74 Å². The molecule has 1 rings (SSSR count). The number of rotatable bonds is 3. The predicted octanol–water partition coefficient (Wildman–Crippen LogP) is 0.423. The van der Waals surface area contributed by atoms with Crippen LogP contribution in [0.1, 0.15) is 20.3 Å². The van der Waals surface area contributed by atoms with Crippen LogP contribution in [0.25, 0.3) is 0 Å². The zero-order chi connectivity index (χ0) is 9.90. The van der Waals surface area contributed by atoms with Crippen molar-refractivity contribution in [2.75, 3.05) is 26.3 Å². The Morgan fingerprint density at radius 2 is 2.31 bits per heavy atom. The van der Waals surface area contributed by atoms with Crippen LogP contribution in [0, 0.1) is 5.41 Å². The molecule has 1 fully saturated rings. The summed E-state index contributed by atoms with van der Waals surface area (Å²) >= 11 is 0. The van der Waals surface area contributed by atoms with E-state index in [0.717, 1.165) is 26.3 Å². The molecule has 0 aliphatic carbocycles. The lowest BCUT2D eigenvalue weighted by Gasteiger charge is -2.42. The molecule has 0 aromatic heterocycles. The van der Waals surface area contributed by atoms with Gasteiger partial charge in [0.2, 0.25) is 0 Å². The number of nitrogens with two attached hydrogens (primary N) is 1. The summed E-state index contributed by atoms with van der Waals surface area (Å²) in [6.45, 7) is 7.69. The summed E-state index contributed by atoms with van der Waals surface area (Å²) in [6, 6.07) is 0. The molecule has 4 nitrogen and oxygen atoms in total. The Labute approximate surface area is 79.6 Å². The maximum atomic E-state index is 7.16. The summed E-state index contributed by atoms with van der Waals surface area (Å²) in [4.78, 5) is 2.33. The van der Waals surface area contributed by atoms with Crippen molar-refractivity contribution in [3.05, 3.63) is 0 Å². The highest BCUT2D eigenvalue weighted by Gasteiger charge is 2.29. The van der Waals surface area contributed by atoms with Gasteiger partial charge in [0.05, 0.1) is 19.0 Å². The van der Waals surface area contributed by atoms with E-state index in [9.17, 15) is 0 Å². The average molecular weight is 185 g/mol. The van der Waals surface area contributed by atoms with Crippen molar-refractivity contribution in [3.8, 4) is 0 Å². The summed E-state index contributed by atoms with van der Waals surface area (Å²) in [5.41, 5.74) is 5.41. The van der Waals surface area contributed by atoms with Gasteiger partial charge in [0, 0.05) is 25.0 Å². The highest BCUT2D eigenvalue weighted by Crippen LogP contribution is 2.18. The highest BCUT2D eigenvalue weighted by molar-refractivity contribution is 5.76. The summed E-state index contributed by atoms with van der Waals surface area (Å²) in [5, 5.41) is 7.16. The number of hydrogen-bond acceptors (Lipinski definition) is 3. The van der Waals surface area contributed by atoms with E-state index in [0.29, 0.717) is 6.42 Å². The number of hydrogen-bond donors (Lipinski definition) is 2. The van der Waals surface area contributed by atoms with Gasteiger partial charge in [-0.25, -0.2) is 0 Å². The SMILES string of the molecule is CC1(C)COCCN1CCC(=N)N. The molecule has 1 saturated heterocycles. The zero-order valence-corrected chi connectivity index (χ0v) is 8.47. The predicted molar refractivity (Wildman–Crippen MR) is 53.0 cm³/mol. The lowest BCUT2D eigenvalue weighted by atomic mass is 10.0. The van der Waals surface area contributed by atoms with Crippen molar-refractivity contribution in [1.82, 2.24) is 4.90 Å². The van der Waals surface area contributed by atoms with Gasteiger partial charge >= 0.3 is 0 Å². The van der Waals surface area contributed by atoms with Crippen LogP contribution in [-0.4, -0.2) is 42.6 Å². The van der Waals surface area contributed by atoms with E-state index in [2.05, 4.69) is 18.7 Å². The van der Waals surface area contributed by atoms with Gasteiger partial charge in [-0.3, -0.25) is 10.3 Å². The molecule has 1 aliphatic rings. The first kappa shape index (κ1) is 10.5. The minimum atomic E-state index is 0.0910. The first-order valence-electron chi connectivity index (χ1n) is 4.68. The molecule has 13 heavy (non-hydrogen) atoms. The fraction of sp³-hybridized carbons (Fsp3) is 0.889. The molecule has 0 amide bonds. The van der Waals surface area contributed by atoms with E-state index in [4.69, 9.17) is 15.9 Å². The average Bonchev–Trinajstić information content (AvgIpc) is 2.01. The Morgan fingerprint density at radius 3 is 2.85 bits per heavy atom. The first-order chi connectivity index (χ1) is 6.02. The quantitative estimate of drug-likeness (QED) is 0.495. The minimum Gasteiger partial charge on any atom is -0.388 e. The molecular weight excluding hydrogens is 166 g/mol. The van der Waals surface area contributed by atoms with Gasteiger partial charge in [-0.1, -0.05) is 0 Å². The van der Waals surface area contributed by atoms with Crippen LogP contribution in [0.5, 0.6) is 0 Å². The zero-order valence-electron chi connectivity index (χ0n) is 8.47. The summed E-state index contributed by atoms with van der Waals surface area (Å²) in [6.07, 6.45) is 0.656. The molecule has 4 heteroatoms. The third kappa shape index (κ3) is 2.97. The van der Waals surface area contributed by atoms with Crippen molar-refractivity contribution in [2.24, 2.45) is 5.73 Å². The summed E-state index contributed by atoms with van der Waals surface area (Å²) in [7, 11) is 0. The van der Waals surface area contributed by atoms with Crippen LogP contribution < -0.4 is 5.73 Å². The van der Waals surface area contributed by atoms with Gasteiger partial charge in [0.15, 0.2) is 0 Å². The maximum absolute atomic E-state index is 7.16. The number of morpholine rings is 1. The van der Waals surface area contributed by atoms with Crippen LogP contribution in [0.4, 0.5) is 0 Å². The Bertz CT molecular complexity index is 191. The number of nitrogens with one attached hydrogen (secondary N) is 1. The third-order valence-electron chi connectivity index (χ3n) is 2.47. The minimum absolute atomic E-state index is 0.0910. The molecule has 0 radical (unpaired) electrons. The molecule has 0 aromatic carbocycles.